The Morgan fingerprint density at radius 3 is 2.71 bits per heavy atom. The highest BCUT2D eigenvalue weighted by Gasteiger charge is 2.36. The van der Waals surface area contributed by atoms with Crippen LogP contribution in [0.4, 0.5) is 5.69 Å². The zero-order valence-electron chi connectivity index (χ0n) is 23.7. The lowest BCUT2D eigenvalue weighted by molar-refractivity contribution is 0.0984. The molecule has 4 heterocycles. The number of halogens is 1. The van der Waals surface area contributed by atoms with E-state index in [0.717, 1.165) is 68.9 Å². The molecular formula is C34H34ClN3O3S. The van der Waals surface area contributed by atoms with Gasteiger partial charge in [0.25, 0.3) is 5.91 Å². The van der Waals surface area contributed by atoms with Gasteiger partial charge >= 0.3 is 0 Å². The molecule has 0 bridgehead atoms. The number of thiophene rings is 1. The number of aromatic amines is 1. The third-order valence-corrected chi connectivity index (χ3v) is 9.96. The van der Waals surface area contributed by atoms with Crippen molar-refractivity contribution in [1.82, 2.24) is 9.88 Å². The van der Waals surface area contributed by atoms with E-state index in [1.165, 1.54) is 18.4 Å². The highest BCUT2D eigenvalue weighted by atomic mass is 35.5. The third-order valence-electron chi connectivity index (χ3n) is 8.48. The molecule has 216 valence electrons. The first kappa shape index (κ1) is 27.3. The number of carbonyl (C=O) groups excluding carboxylic acids is 1. The van der Waals surface area contributed by atoms with Gasteiger partial charge in [0.15, 0.2) is 0 Å². The van der Waals surface area contributed by atoms with Crippen LogP contribution in [-0.2, 0) is 6.61 Å². The number of fused-ring (bicyclic) bond motifs is 4. The molecule has 0 spiro atoms. The SMILES string of the molecule is Cc1csc2c(OCc3ccccc3)cc3c(c12)C(CCl)CN3C(=O)c1cc2cc(OCCN3CCCC3)ccc2[nH]1. The first-order valence-corrected chi connectivity index (χ1v) is 16.1. The van der Waals surface area contributed by atoms with Crippen molar-refractivity contribution in [3.05, 3.63) is 88.4 Å². The second-order valence-corrected chi connectivity index (χ2v) is 12.5. The van der Waals surface area contributed by atoms with Crippen molar-refractivity contribution < 1.29 is 14.3 Å². The Kier molecular flexibility index (Phi) is 7.57. The van der Waals surface area contributed by atoms with E-state index in [1.807, 2.05) is 53.4 Å². The minimum Gasteiger partial charge on any atom is -0.492 e. The van der Waals surface area contributed by atoms with Crippen molar-refractivity contribution in [3.63, 3.8) is 0 Å². The molecule has 1 saturated heterocycles. The molecule has 0 saturated carbocycles. The van der Waals surface area contributed by atoms with E-state index >= 15 is 0 Å². The molecule has 1 amide bonds. The number of aryl methyl sites for hydroxylation is 1. The van der Waals surface area contributed by atoms with Crippen LogP contribution >= 0.6 is 22.9 Å². The van der Waals surface area contributed by atoms with Gasteiger partial charge in [-0.2, -0.15) is 0 Å². The van der Waals surface area contributed by atoms with Gasteiger partial charge in [-0.1, -0.05) is 30.3 Å². The Labute approximate surface area is 254 Å². The molecular weight excluding hydrogens is 566 g/mol. The number of hydrogen-bond donors (Lipinski definition) is 1. The quantitative estimate of drug-likeness (QED) is 0.176. The second kappa shape index (κ2) is 11.6. The minimum atomic E-state index is -0.0715. The van der Waals surface area contributed by atoms with E-state index in [-0.39, 0.29) is 11.8 Å². The van der Waals surface area contributed by atoms with Crippen LogP contribution < -0.4 is 14.4 Å². The summed E-state index contributed by atoms with van der Waals surface area (Å²) >= 11 is 8.21. The number of hydrogen-bond acceptors (Lipinski definition) is 5. The van der Waals surface area contributed by atoms with Crippen LogP contribution in [0.3, 0.4) is 0 Å². The van der Waals surface area contributed by atoms with Crippen molar-refractivity contribution in [1.29, 1.82) is 0 Å². The topological polar surface area (TPSA) is 57.8 Å². The molecule has 2 aliphatic rings. The Morgan fingerprint density at radius 2 is 1.90 bits per heavy atom. The Balaban J connectivity index is 1.17. The van der Waals surface area contributed by atoms with Gasteiger partial charge in [0.05, 0.1) is 10.4 Å². The average Bonchev–Trinajstić information content (AvgIpc) is 3.82. The molecule has 1 atom stereocenters. The van der Waals surface area contributed by atoms with Crippen LogP contribution in [0.25, 0.3) is 21.0 Å². The molecule has 0 aliphatic carbocycles. The third kappa shape index (κ3) is 5.14. The molecule has 42 heavy (non-hydrogen) atoms. The number of rotatable bonds is 9. The molecule has 6 nitrogen and oxygen atoms in total. The number of benzene rings is 3. The van der Waals surface area contributed by atoms with E-state index < -0.39 is 0 Å². The fourth-order valence-corrected chi connectivity index (χ4v) is 7.61. The number of ether oxygens (including phenoxy) is 2. The van der Waals surface area contributed by atoms with Crippen LogP contribution in [0.1, 0.15) is 45.9 Å². The Morgan fingerprint density at radius 1 is 1.07 bits per heavy atom. The summed E-state index contributed by atoms with van der Waals surface area (Å²) in [5.74, 6) is 2.04. The molecule has 2 aliphatic heterocycles. The maximum absolute atomic E-state index is 14.1. The van der Waals surface area contributed by atoms with Gasteiger partial charge in [-0.05, 0) is 79.2 Å². The lowest BCUT2D eigenvalue weighted by Crippen LogP contribution is -2.30. The summed E-state index contributed by atoms with van der Waals surface area (Å²) in [5.41, 5.74) is 5.77. The average molecular weight is 600 g/mol. The zero-order valence-corrected chi connectivity index (χ0v) is 25.3. The lowest BCUT2D eigenvalue weighted by atomic mass is 9.97. The molecule has 7 rings (SSSR count). The molecule has 8 heteroatoms. The predicted molar refractivity (Wildman–Crippen MR) is 172 cm³/mol. The molecule has 1 unspecified atom stereocenters. The number of likely N-dealkylation sites (tertiary alicyclic amines) is 1. The van der Waals surface area contributed by atoms with E-state index in [9.17, 15) is 4.79 Å². The Bertz CT molecular complexity index is 1740. The van der Waals surface area contributed by atoms with Gasteiger partial charge < -0.3 is 19.4 Å². The molecule has 5 aromatic rings. The van der Waals surface area contributed by atoms with Crippen LogP contribution in [0.15, 0.2) is 66.0 Å². The zero-order chi connectivity index (χ0) is 28.6. The highest BCUT2D eigenvalue weighted by molar-refractivity contribution is 7.17. The first-order valence-electron chi connectivity index (χ1n) is 14.7. The molecule has 3 aromatic carbocycles. The van der Waals surface area contributed by atoms with Crippen LogP contribution in [0.2, 0.25) is 0 Å². The van der Waals surface area contributed by atoms with Gasteiger partial charge in [-0.25, -0.2) is 0 Å². The Hall–Kier alpha value is -3.52. The number of alkyl halides is 1. The standard InChI is InChI=1S/C34H34ClN3O3S/c1-22-21-42-33-30(41-20-23-7-3-2-4-8-23)17-29-32(31(22)33)25(18-35)19-38(29)34(39)28-16-24-15-26(9-10-27(24)36-28)40-14-13-37-11-5-6-12-37/h2-4,7-10,15-17,21,25,36H,5-6,11-14,18-20H2,1H3. The second-order valence-electron chi connectivity index (χ2n) is 11.3. The number of nitrogens with one attached hydrogen (secondary N) is 1. The van der Waals surface area contributed by atoms with Crippen molar-refractivity contribution in [2.75, 3.05) is 43.6 Å². The van der Waals surface area contributed by atoms with E-state index in [1.54, 1.807) is 11.3 Å². The van der Waals surface area contributed by atoms with Gasteiger partial charge in [-0.3, -0.25) is 9.69 Å². The van der Waals surface area contributed by atoms with Gasteiger partial charge in [0, 0.05) is 47.2 Å². The van der Waals surface area contributed by atoms with Crippen molar-refractivity contribution in [3.8, 4) is 11.5 Å². The summed E-state index contributed by atoms with van der Waals surface area (Å²) in [6, 6.07) is 20.1. The fourth-order valence-electron chi connectivity index (χ4n) is 6.32. The van der Waals surface area contributed by atoms with Crippen molar-refractivity contribution in [2.45, 2.75) is 32.3 Å². The highest BCUT2D eigenvalue weighted by Crippen LogP contribution is 2.49. The van der Waals surface area contributed by atoms with Crippen LogP contribution in [0, 0.1) is 6.92 Å². The van der Waals surface area contributed by atoms with E-state index in [0.29, 0.717) is 31.3 Å². The molecule has 0 radical (unpaired) electrons. The lowest BCUT2D eigenvalue weighted by Gasteiger charge is -2.18. The maximum Gasteiger partial charge on any atom is 0.274 e. The first-order chi connectivity index (χ1) is 20.6. The minimum absolute atomic E-state index is 0.0459. The predicted octanol–water partition coefficient (Wildman–Crippen LogP) is 7.73. The summed E-state index contributed by atoms with van der Waals surface area (Å²) in [5, 5.41) is 4.29. The number of anilines is 1. The normalized spacial score (nSPS) is 16.9. The smallest absolute Gasteiger partial charge is 0.274 e. The van der Waals surface area contributed by atoms with E-state index in [4.69, 9.17) is 21.1 Å². The molecule has 1 fully saturated rings. The number of aromatic nitrogens is 1. The van der Waals surface area contributed by atoms with Crippen LogP contribution in [0.5, 0.6) is 11.5 Å². The fraction of sp³-hybridized carbons (Fsp3) is 0.324. The van der Waals surface area contributed by atoms with Gasteiger partial charge in [0.2, 0.25) is 0 Å². The molecule has 2 aromatic heterocycles. The van der Waals surface area contributed by atoms with Crippen molar-refractivity contribution in [2.24, 2.45) is 0 Å². The largest absolute Gasteiger partial charge is 0.492 e. The summed E-state index contributed by atoms with van der Waals surface area (Å²) in [4.78, 5) is 21.7. The summed E-state index contributed by atoms with van der Waals surface area (Å²) in [6.45, 7) is 7.05. The number of amides is 1. The number of H-pyrrole nitrogens is 1. The maximum atomic E-state index is 14.1. The monoisotopic (exact) mass is 599 g/mol. The van der Waals surface area contributed by atoms with Crippen molar-refractivity contribution >= 4 is 55.5 Å². The summed E-state index contributed by atoms with van der Waals surface area (Å²) < 4.78 is 13.5. The number of carbonyl (C=O) groups is 1. The van der Waals surface area contributed by atoms with Crippen LogP contribution in [-0.4, -0.2) is 54.5 Å². The number of nitrogens with zero attached hydrogens (tertiary/aromatic N) is 2. The summed E-state index contributed by atoms with van der Waals surface area (Å²) in [7, 11) is 0. The van der Waals surface area contributed by atoms with Gasteiger partial charge in [0.1, 0.15) is 30.4 Å². The summed E-state index contributed by atoms with van der Waals surface area (Å²) in [6.07, 6.45) is 2.55. The molecule has 1 N–H and O–H groups in total. The van der Waals surface area contributed by atoms with Gasteiger partial charge in [-0.15, -0.1) is 22.9 Å². The van der Waals surface area contributed by atoms with E-state index in [2.05, 4.69) is 34.3 Å².